The summed E-state index contributed by atoms with van der Waals surface area (Å²) in [6, 6.07) is 19.0. The first-order chi connectivity index (χ1) is 19.4. The molecule has 0 fully saturated rings. The second kappa shape index (κ2) is 13.7. The first kappa shape index (κ1) is 30.9. The molecular formula is C33H39N3O5. The molecule has 3 aromatic rings. The van der Waals surface area contributed by atoms with E-state index < -0.39 is 35.6 Å². The maximum Gasteiger partial charge on any atom is 0.408 e. The molecule has 0 aliphatic rings. The molecule has 8 nitrogen and oxygen atoms in total. The Balaban J connectivity index is 2.06. The van der Waals surface area contributed by atoms with Crippen molar-refractivity contribution in [3.63, 3.8) is 0 Å². The number of rotatable bonds is 10. The zero-order chi connectivity index (χ0) is 30.2. The van der Waals surface area contributed by atoms with Crippen molar-refractivity contribution >= 4 is 23.6 Å². The summed E-state index contributed by atoms with van der Waals surface area (Å²) in [6.45, 7) is 12.8. The molecule has 0 radical (unpaired) electrons. The molecule has 2 atom stereocenters. The zero-order valence-electron chi connectivity index (χ0n) is 24.3. The monoisotopic (exact) mass is 557 g/mol. The van der Waals surface area contributed by atoms with Gasteiger partial charge in [0.15, 0.2) is 0 Å². The molecule has 0 bridgehead atoms. The van der Waals surface area contributed by atoms with Gasteiger partial charge in [-0.25, -0.2) is 4.79 Å². The van der Waals surface area contributed by atoms with Crippen molar-refractivity contribution in [3.05, 3.63) is 108 Å². The predicted molar refractivity (Wildman–Crippen MR) is 161 cm³/mol. The summed E-state index contributed by atoms with van der Waals surface area (Å²) in [5, 5.41) is 15.7. The van der Waals surface area contributed by atoms with Gasteiger partial charge in [0.2, 0.25) is 5.91 Å². The van der Waals surface area contributed by atoms with Gasteiger partial charge in [0.25, 0.3) is 5.91 Å². The van der Waals surface area contributed by atoms with Crippen LogP contribution < -0.4 is 10.6 Å². The largest absolute Gasteiger partial charge is 0.508 e. The predicted octanol–water partition coefficient (Wildman–Crippen LogP) is 5.84. The topological polar surface area (TPSA) is 108 Å². The Hall–Kier alpha value is -4.59. The van der Waals surface area contributed by atoms with Crippen molar-refractivity contribution in [1.29, 1.82) is 0 Å². The summed E-state index contributed by atoms with van der Waals surface area (Å²) in [7, 11) is 0. The molecule has 0 spiro atoms. The molecule has 0 saturated heterocycles. The van der Waals surface area contributed by atoms with Crippen LogP contribution in [0.1, 0.15) is 49.1 Å². The SMILES string of the molecule is C=CCN(C(=O)C(Cc1ccccc1)NC(=O)OC(C)(C)C)C(C(=O)Nc1c(C)cccc1C)c1ccc(O)cc1. The Morgan fingerprint density at radius 3 is 2.12 bits per heavy atom. The summed E-state index contributed by atoms with van der Waals surface area (Å²) >= 11 is 0. The Morgan fingerprint density at radius 2 is 1.56 bits per heavy atom. The maximum atomic E-state index is 14.3. The highest BCUT2D eigenvalue weighted by atomic mass is 16.6. The van der Waals surface area contributed by atoms with Crippen LogP contribution in [-0.2, 0) is 20.7 Å². The van der Waals surface area contributed by atoms with Crippen molar-refractivity contribution in [1.82, 2.24) is 10.2 Å². The molecule has 3 N–H and O–H groups in total. The Labute approximate surface area is 242 Å². The van der Waals surface area contributed by atoms with E-state index in [4.69, 9.17) is 4.74 Å². The quantitative estimate of drug-likeness (QED) is 0.272. The molecule has 0 heterocycles. The average Bonchev–Trinajstić information content (AvgIpc) is 2.90. The van der Waals surface area contributed by atoms with Crippen LogP contribution in [-0.4, -0.2) is 46.1 Å². The fraction of sp³-hybridized carbons (Fsp3) is 0.303. The number of anilines is 1. The number of phenols is 1. The van der Waals surface area contributed by atoms with Gasteiger partial charge in [-0.3, -0.25) is 9.59 Å². The number of aryl methyl sites for hydroxylation is 2. The number of aromatic hydroxyl groups is 1. The third-order valence-corrected chi connectivity index (χ3v) is 6.38. The molecule has 0 aliphatic carbocycles. The first-order valence-corrected chi connectivity index (χ1v) is 13.5. The van der Waals surface area contributed by atoms with Crippen LogP contribution in [0.15, 0.2) is 85.5 Å². The van der Waals surface area contributed by atoms with Gasteiger partial charge in [0.05, 0.1) is 0 Å². The fourth-order valence-corrected chi connectivity index (χ4v) is 4.49. The normalized spacial score (nSPS) is 12.5. The molecule has 3 amide bonds. The van der Waals surface area contributed by atoms with Crippen LogP contribution in [0, 0.1) is 13.8 Å². The Bertz CT molecular complexity index is 1340. The Kier molecular flexibility index (Phi) is 10.3. The van der Waals surface area contributed by atoms with Crippen LogP contribution in [0.4, 0.5) is 10.5 Å². The number of ether oxygens (including phenoxy) is 1. The van der Waals surface area contributed by atoms with Crippen molar-refractivity contribution in [2.45, 2.75) is 58.7 Å². The minimum absolute atomic E-state index is 0.0197. The van der Waals surface area contributed by atoms with Gasteiger partial charge >= 0.3 is 6.09 Å². The summed E-state index contributed by atoms with van der Waals surface area (Å²) in [4.78, 5) is 42.5. The third-order valence-electron chi connectivity index (χ3n) is 6.38. The smallest absolute Gasteiger partial charge is 0.408 e. The van der Waals surface area contributed by atoms with E-state index in [1.165, 1.54) is 23.1 Å². The standard InChI is InChI=1S/C33H39N3O5/c1-7-20-36(31(39)27(21-24-14-9-8-10-15-24)34-32(40)41-33(4,5)6)29(25-16-18-26(37)19-17-25)30(38)35-28-22(2)12-11-13-23(28)3/h7-19,27,29,37H,1,20-21H2,2-6H3,(H,34,40)(H,35,38). The lowest BCUT2D eigenvalue weighted by atomic mass is 9.99. The molecule has 0 saturated carbocycles. The van der Waals surface area contributed by atoms with Gasteiger partial charge in [0.1, 0.15) is 23.4 Å². The van der Waals surface area contributed by atoms with E-state index in [1.54, 1.807) is 32.9 Å². The van der Waals surface area contributed by atoms with Crippen molar-refractivity contribution in [3.8, 4) is 5.75 Å². The van der Waals surface area contributed by atoms with E-state index in [0.29, 0.717) is 11.3 Å². The highest BCUT2D eigenvalue weighted by Crippen LogP contribution is 2.28. The number of hydrogen-bond acceptors (Lipinski definition) is 5. The van der Waals surface area contributed by atoms with E-state index >= 15 is 0 Å². The highest BCUT2D eigenvalue weighted by molar-refractivity contribution is 6.00. The summed E-state index contributed by atoms with van der Waals surface area (Å²) in [6.07, 6.45) is 0.962. The van der Waals surface area contributed by atoms with Gasteiger partial charge < -0.3 is 25.4 Å². The van der Waals surface area contributed by atoms with Crippen molar-refractivity contribution < 1.29 is 24.2 Å². The molecule has 3 aromatic carbocycles. The molecule has 216 valence electrons. The van der Waals surface area contributed by atoms with E-state index in [9.17, 15) is 19.5 Å². The maximum absolute atomic E-state index is 14.3. The van der Waals surface area contributed by atoms with E-state index in [0.717, 1.165) is 16.7 Å². The molecule has 8 heteroatoms. The lowest BCUT2D eigenvalue weighted by Gasteiger charge is -2.34. The summed E-state index contributed by atoms with van der Waals surface area (Å²) in [5.74, 6) is -0.911. The van der Waals surface area contributed by atoms with Crippen LogP contribution in [0.2, 0.25) is 0 Å². The van der Waals surface area contributed by atoms with E-state index in [1.807, 2.05) is 62.4 Å². The second-order valence-electron chi connectivity index (χ2n) is 10.9. The number of carbonyl (C=O) groups excluding carboxylic acids is 3. The lowest BCUT2D eigenvalue weighted by molar-refractivity contribution is -0.140. The average molecular weight is 558 g/mol. The minimum atomic E-state index is -1.10. The van der Waals surface area contributed by atoms with Crippen molar-refractivity contribution in [2.75, 3.05) is 11.9 Å². The van der Waals surface area contributed by atoms with Crippen LogP contribution in [0.25, 0.3) is 0 Å². The number of phenolic OH excluding ortho intramolecular Hbond substituents is 1. The number of nitrogens with one attached hydrogen (secondary N) is 2. The van der Waals surface area contributed by atoms with Crippen LogP contribution in [0.5, 0.6) is 5.75 Å². The van der Waals surface area contributed by atoms with Gasteiger partial charge in [-0.2, -0.15) is 0 Å². The molecule has 0 aromatic heterocycles. The molecule has 2 unspecified atom stereocenters. The van der Waals surface area contributed by atoms with E-state index in [2.05, 4.69) is 17.2 Å². The molecule has 41 heavy (non-hydrogen) atoms. The van der Waals surface area contributed by atoms with Crippen LogP contribution in [0.3, 0.4) is 0 Å². The third kappa shape index (κ3) is 8.70. The number of para-hydroxylation sites is 1. The van der Waals surface area contributed by atoms with E-state index in [-0.39, 0.29) is 18.7 Å². The van der Waals surface area contributed by atoms with Gasteiger partial charge in [-0.05, 0) is 69.0 Å². The number of amides is 3. The number of hydrogen-bond donors (Lipinski definition) is 3. The van der Waals surface area contributed by atoms with Crippen LogP contribution >= 0.6 is 0 Å². The molecule has 0 aliphatic heterocycles. The Morgan fingerprint density at radius 1 is 0.951 bits per heavy atom. The van der Waals surface area contributed by atoms with Gasteiger partial charge in [-0.1, -0.05) is 66.7 Å². The van der Waals surface area contributed by atoms with Gasteiger partial charge in [0, 0.05) is 18.7 Å². The number of alkyl carbamates (subject to hydrolysis) is 1. The fourth-order valence-electron chi connectivity index (χ4n) is 4.49. The minimum Gasteiger partial charge on any atom is -0.508 e. The summed E-state index contributed by atoms with van der Waals surface area (Å²) in [5.41, 5.74) is 2.93. The number of benzene rings is 3. The lowest BCUT2D eigenvalue weighted by Crippen LogP contribution is -2.53. The number of nitrogens with zero attached hydrogens (tertiary/aromatic N) is 1. The molecular weight excluding hydrogens is 518 g/mol. The van der Waals surface area contributed by atoms with Crippen molar-refractivity contribution in [2.24, 2.45) is 0 Å². The van der Waals surface area contributed by atoms with Gasteiger partial charge in [-0.15, -0.1) is 6.58 Å². The number of carbonyl (C=O) groups is 3. The zero-order valence-corrected chi connectivity index (χ0v) is 24.3. The first-order valence-electron chi connectivity index (χ1n) is 13.5. The second-order valence-corrected chi connectivity index (χ2v) is 10.9. The molecule has 3 rings (SSSR count). The summed E-state index contributed by atoms with van der Waals surface area (Å²) < 4.78 is 5.46. The highest BCUT2D eigenvalue weighted by Gasteiger charge is 2.36.